The second-order valence-electron chi connectivity index (χ2n) is 22.3. The lowest BCUT2D eigenvalue weighted by Gasteiger charge is -1.99. The predicted octanol–water partition coefficient (Wildman–Crippen LogP) is 27.9. The van der Waals surface area contributed by atoms with E-state index in [0.717, 1.165) is 102 Å². The van der Waals surface area contributed by atoms with E-state index in [-0.39, 0.29) is 0 Å². The Kier molecular flexibility index (Phi) is 73.9. The van der Waals surface area contributed by atoms with Crippen LogP contribution in [0.25, 0.3) is 0 Å². The van der Waals surface area contributed by atoms with Gasteiger partial charge in [-0.25, -0.2) is 24.9 Å². The van der Waals surface area contributed by atoms with Crippen LogP contribution in [0, 0.1) is 0 Å². The standard InChI is InChI=1S/2C8H10O.2C8H10S.C7H10O.C7H10S.C6H9NO.C6H9NS.C6H8O2.C6H8OS.C5H7NO2.2C5H7NOS.C5H7NS2/c1-9-7-8-5-3-2-4-6-8;1-2-9-8-6-4-3-5-7-8;1-9-7-8-5-3-2-4-6-8;1-2-9-8-6-4-3-5-7-8;2*1-2-4-7-5-3-6-8-7;2*1-2-3-6-7-4-5-8-6;2*1-7-5-6-3-2-4-8-6;1-2-7-5-6-3-4-8-5;1-2-8-5-6-3-4-7-5;2*1-2-7-5-6-3-4-8-5/h2-6H,7H2,1H3;3-7H,2H2,1H3;2-6H,7H2,1H3;3-7H,2H2,1H3;2*3,5-6H,2,4H2,1H3;2*4-5H,2-3H2,1H3;2*2-4H,5H2,1H3;4*3-4H,2H2,1H3. The largest absolute Gasteiger partial charge is 0.494 e. The van der Waals surface area contributed by atoms with Gasteiger partial charge in [0.25, 0.3) is 10.4 Å². The SMILES string of the molecule is CCCc1ccco1.CCCc1cccs1.CCCc1ncco1.CCCc1nccs1.CCOc1ccccc1.CCOc1ncco1.CCOc1nccs1.CCSc1ccccc1.CCSc1ncco1.CCSc1nccs1.COCc1ccccc1.COCc1ccco1.COCc1cccs1.CSCc1ccccc1. The number of thioether (sulfide) groups is 4. The Morgan fingerprint density at radius 1 is 0.353 bits per heavy atom. The van der Waals surface area contributed by atoms with Gasteiger partial charge >= 0.3 is 6.08 Å². The van der Waals surface area contributed by atoms with E-state index < -0.39 is 0 Å². The third kappa shape index (κ3) is 63.2. The molecule has 0 atom stereocenters. The van der Waals surface area contributed by atoms with Gasteiger partial charge in [0.15, 0.2) is 5.89 Å². The molecule has 0 aliphatic heterocycles. The summed E-state index contributed by atoms with van der Waals surface area (Å²) in [6, 6.07) is 56.9. The zero-order valence-electron chi connectivity index (χ0n) is 70.0. The highest BCUT2D eigenvalue weighted by molar-refractivity contribution is 8.01. The first kappa shape index (κ1) is 106. The monoisotopic (exact) mass is 1750 g/mol. The van der Waals surface area contributed by atoms with E-state index in [0.29, 0.717) is 32.5 Å². The maximum atomic E-state index is 5.21. The molecule has 0 aliphatic rings. The number of methoxy groups -OCH3 is 3. The Morgan fingerprint density at radius 2 is 0.888 bits per heavy atom. The zero-order chi connectivity index (χ0) is 84.3. The highest BCUT2D eigenvalue weighted by Crippen LogP contribution is 2.20. The van der Waals surface area contributed by atoms with Crippen LogP contribution in [0.5, 0.6) is 17.0 Å². The van der Waals surface area contributed by atoms with Crippen molar-refractivity contribution in [1.82, 2.24) is 29.9 Å². The number of oxazole rings is 3. The van der Waals surface area contributed by atoms with Crippen molar-refractivity contribution in [2.24, 2.45) is 0 Å². The maximum Gasteiger partial charge on any atom is 0.393 e. The number of nitrogens with zero attached hydrogens (tertiary/aromatic N) is 6. The van der Waals surface area contributed by atoms with Crippen molar-refractivity contribution in [3.05, 3.63) is 309 Å². The summed E-state index contributed by atoms with van der Waals surface area (Å²) in [6.07, 6.45) is 29.9. The van der Waals surface area contributed by atoms with Crippen LogP contribution in [0.4, 0.5) is 0 Å². The molecule has 14 aromatic rings. The van der Waals surface area contributed by atoms with Gasteiger partial charge in [-0.2, -0.15) is 16.7 Å². The average Bonchev–Trinajstić information content (AvgIpc) is 1.97. The Bertz CT molecular complexity index is 3240. The quantitative estimate of drug-likeness (QED) is 0.0419. The molecule has 10 aromatic heterocycles. The molecular formula is C90H122N6O11S9. The van der Waals surface area contributed by atoms with Crippen molar-refractivity contribution < 1.29 is 50.5 Å². The highest BCUT2D eigenvalue weighted by Gasteiger charge is 1.97. The Hall–Kier alpha value is -7.96. The van der Waals surface area contributed by atoms with E-state index in [1.54, 1.807) is 129 Å². The van der Waals surface area contributed by atoms with Crippen molar-refractivity contribution in [3.63, 3.8) is 0 Å². The minimum absolute atomic E-state index is 0.340. The minimum Gasteiger partial charge on any atom is -0.494 e. The van der Waals surface area contributed by atoms with E-state index in [1.165, 1.54) is 72.0 Å². The molecule has 0 saturated heterocycles. The summed E-state index contributed by atoms with van der Waals surface area (Å²) in [4.78, 5) is 27.8. The van der Waals surface area contributed by atoms with Gasteiger partial charge in [-0.3, -0.25) is 0 Å². The average molecular weight is 1750 g/mol. The van der Waals surface area contributed by atoms with Crippen molar-refractivity contribution in [1.29, 1.82) is 0 Å². The van der Waals surface area contributed by atoms with E-state index in [9.17, 15) is 0 Å². The fourth-order valence-electron chi connectivity index (χ4n) is 8.13. The number of para-hydroxylation sites is 1. The van der Waals surface area contributed by atoms with Gasteiger partial charge in [0.05, 0.1) is 69.2 Å². The molecule has 14 rings (SSSR count). The summed E-state index contributed by atoms with van der Waals surface area (Å²) in [6.45, 7) is 24.8. The van der Waals surface area contributed by atoms with Gasteiger partial charge in [-0.1, -0.05) is 199 Å². The van der Waals surface area contributed by atoms with Gasteiger partial charge in [-0.05, 0) is 159 Å². The van der Waals surface area contributed by atoms with Gasteiger partial charge in [0.2, 0.25) is 0 Å². The summed E-state index contributed by atoms with van der Waals surface area (Å²) in [5, 5.41) is 12.9. The molecule has 0 saturated carbocycles. The van der Waals surface area contributed by atoms with Gasteiger partial charge < -0.3 is 50.5 Å². The molecule has 17 nitrogen and oxygen atoms in total. The lowest BCUT2D eigenvalue weighted by Crippen LogP contribution is -1.89. The molecule has 0 unspecified atom stereocenters. The molecule has 0 amide bonds. The summed E-state index contributed by atoms with van der Waals surface area (Å²) in [5.74, 6) is 8.16. The smallest absolute Gasteiger partial charge is 0.393 e. The molecule has 0 aliphatic carbocycles. The number of thiophene rings is 2. The lowest BCUT2D eigenvalue weighted by atomic mass is 10.2. The van der Waals surface area contributed by atoms with E-state index >= 15 is 0 Å². The first-order valence-corrected chi connectivity index (χ1v) is 47.1. The van der Waals surface area contributed by atoms with Crippen LogP contribution in [0.2, 0.25) is 0 Å². The number of aryl methyl sites for hydroxylation is 4. The van der Waals surface area contributed by atoms with E-state index in [2.05, 4.69) is 157 Å². The van der Waals surface area contributed by atoms with E-state index in [1.807, 2.05) is 193 Å². The van der Waals surface area contributed by atoms with Crippen LogP contribution in [0.3, 0.4) is 0 Å². The van der Waals surface area contributed by atoms with Gasteiger partial charge in [0, 0.05) is 89.3 Å². The Morgan fingerprint density at radius 3 is 1.35 bits per heavy atom. The number of benzene rings is 4. The zero-order valence-corrected chi connectivity index (χ0v) is 77.3. The summed E-state index contributed by atoms with van der Waals surface area (Å²) in [7, 11) is 5.05. The molecule has 0 fully saturated rings. The van der Waals surface area contributed by atoms with Crippen LogP contribution in [-0.2, 0) is 65.5 Å². The number of hydrogen-bond acceptors (Lipinski definition) is 26. The molecule has 0 bridgehead atoms. The third-order valence-electron chi connectivity index (χ3n) is 12.9. The summed E-state index contributed by atoms with van der Waals surface area (Å²) < 4.78 is 55.6. The maximum absolute atomic E-state index is 5.21. The van der Waals surface area contributed by atoms with Crippen molar-refractivity contribution >= 4 is 104 Å². The van der Waals surface area contributed by atoms with Crippen LogP contribution in [-0.4, -0.2) is 94.6 Å². The fourth-order valence-corrected chi connectivity index (χ4v) is 14.1. The molecule has 4 aromatic carbocycles. The number of hydrogen-bond donors (Lipinski definition) is 0. The molecule has 116 heavy (non-hydrogen) atoms. The first-order chi connectivity index (χ1) is 57.0. The summed E-state index contributed by atoms with van der Waals surface area (Å²) in [5.41, 5.74) is 2.63. The molecular weight excluding hydrogens is 1630 g/mol. The Balaban J connectivity index is 0.000000625. The molecule has 632 valence electrons. The Labute approximate surface area is 729 Å². The number of furan rings is 2. The number of rotatable bonds is 28. The summed E-state index contributed by atoms with van der Waals surface area (Å²) >= 11 is 15.6. The van der Waals surface area contributed by atoms with Crippen molar-refractivity contribution in [3.8, 4) is 17.0 Å². The second-order valence-corrected chi connectivity index (χ2v) is 32.0. The van der Waals surface area contributed by atoms with E-state index in [4.69, 9.17) is 50.5 Å². The van der Waals surface area contributed by atoms with Crippen molar-refractivity contribution in [2.75, 3.05) is 64.7 Å². The van der Waals surface area contributed by atoms with Crippen LogP contribution >= 0.6 is 104 Å². The first-order valence-electron chi connectivity index (χ1n) is 38.4. The number of aromatic nitrogens is 6. The van der Waals surface area contributed by atoms with Crippen LogP contribution < -0.4 is 14.2 Å². The number of thiazole rings is 3. The predicted molar refractivity (Wildman–Crippen MR) is 496 cm³/mol. The van der Waals surface area contributed by atoms with Crippen LogP contribution in [0.15, 0.2) is 302 Å². The highest BCUT2D eigenvalue weighted by atomic mass is 32.2. The third-order valence-corrected chi connectivity index (χ3v) is 20.3. The molecule has 26 heteroatoms. The minimum atomic E-state index is 0.340. The lowest BCUT2D eigenvalue weighted by molar-refractivity contribution is 0.164. The van der Waals surface area contributed by atoms with Gasteiger partial charge in [-0.15, -0.1) is 57.1 Å². The number of ether oxygens (including phenoxy) is 6. The molecule has 0 spiro atoms. The molecule has 0 radical (unpaired) electrons. The van der Waals surface area contributed by atoms with Gasteiger partial charge in [0.1, 0.15) is 47.0 Å². The topological polar surface area (TPSA) is 198 Å². The van der Waals surface area contributed by atoms with Crippen LogP contribution in [0.1, 0.15) is 138 Å². The molecule has 0 N–H and O–H groups in total. The molecule has 10 heterocycles. The normalized spacial score (nSPS) is 9.47. The van der Waals surface area contributed by atoms with Crippen molar-refractivity contribution in [2.45, 2.75) is 161 Å². The fraction of sp³-hybridized carbons (Fsp3) is 0.356. The second kappa shape index (κ2) is 80.8.